The van der Waals surface area contributed by atoms with E-state index in [9.17, 15) is 19.5 Å². The molecule has 0 atom stereocenters. The van der Waals surface area contributed by atoms with Crippen LogP contribution in [0.15, 0.2) is 29.1 Å². The molecule has 1 aromatic carbocycles. The standard InChI is InChI=1S/C22H32N4O4/c1-15(2)25-17-7-5-6-8-18(17)26(21(25)30)20(29)23-13-16-9-11-24(12-10-16)14-22(3,4)19(27)28/h5-8,15-16H,9-14H2,1-4H3,(H,23,29)(H,27,28). The molecule has 0 spiro atoms. The number of likely N-dealkylation sites (tertiary alicyclic amines) is 1. The Hall–Kier alpha value is -2.61. The van der Waals surface area contributed by atoms with E-state index < -0.39 is 17.4 Å². The summed E-state index contributed by atoms with van der Waals surface area (Å²) in [5.74, 6) is -0.477. The summed E-state index contributed by atoms with van der Waals surface area (Å²) >= 11 is 0. The normalized spacial score (nSPS) is 16.3. The van der Waals surface area contributed by atoms with Gasteiger partial charge in [-0.2, -0.15) is 0 Å². The van der Waals surface area contributed by atoms with Gasteiger partial charge in [0.1, 0.15) is 0 Å². The average Bonchev–Trinajstić information content (AvgIpc) is 2.98. The maximum atomic E-state index is 12.9. The van der Waals surface area contributed by atoms with Gasteiger partial charge in [-0.15, -0.1) is 0 Å². The van der Waals surface area contributed by atoms with Crippen molar-refractivity contribution in [3.05, 3.63) is 34.7 Å². The highest BCUT2D eigenvalue weighted by Crippen LogP contribution is 2.23. The zero-order valence-corrected chi connectivity index (χ0v) is 18.2. The van der Waals surface area contributed by atoms with Crippen molar-refractivity contribution in [2.75, 3.05) is 26.2 Å². The predicted octanol–water partition coefficient (Wildman–Crippen LogP) is 2.76. The fourth-order valence-electron chi connectivity index (χ4n) is 4.15. The van der Waals surface area contributed by atoms with Gasteiger partial charge in [-0.05, 0) is 71.7 Å². The van der Waals surface area contributed by atoms with Gasteiger partial charge in [0.25, 0.3) is 0 Å². The molecule has 1 aliphatic heterocycles. The summed E-state index contributed by atoms with van der Waals surface area (Å²) in [6.07, 6.45) is 1.78. The number of carboxylic acid groups (broad SMARTS) is 1. The zero-order chi connectivity index (χ0) is 22.1. The Kier molecular flexibility index (Phi) is 6.36. The van der Waals surface area contributed by atoms with Gasteiger partial charge in [-0.3, -0.25) is 9.36 Å². The predicted molar refractivity (Wildman–Crippen MR) is 116 cm³/mol. The number of nitrogens with zero attached hydrogens (tertiary/aromatic N) is 3. The Labute approximate surface area is 176 Å². The van der Waals surface area contributed by atoms with Gasteiger partial charge in [0.05, 0.1) is 16.4 Å². The number of benzene rings is 1. The summed E-state index contributed by atoms with van der Waals surface area (Å²) in [7, 11) is 0. The number of carbonyl (C=O) groups is 2. The van der Waals surface area contributed by atoms with E-state index in [1.54, 1.807) is 24.5 Å². The highest BCUT2D eigenvalue weighted by atomic mass is 16.4. The molecule has 0 radical (unpaired) electrons. The highest BCUT2D eigenvalue weighted by molar-refractivity contribution is 5.89. The molecular formula is C22H32N4O4. The Bertz CT molecular complexity index is 981. The van der Waals surface area contributed by atoms with E-state index >= 15 is 0 Å². The molecule has 2 N–H and O–H groups in total. The summed E-state index contributed by atoms with van der Waals surface area (Å²) in [6, 6.07) is 6.89. The van der Waals surface area contributed by atoms with E-state index in [-0.39, 0.29) is 11.7 Å². The van der Waals surface area contributed by atoms with Crippen molar-refractivity contribution in [1.82, 2.24) is 19.4 Å². The molecule has 0 aliphatic carbocycles. The van der Waals surface area contributed by atoms with E-state index in [0.29, 0.717) is 24.5 Å². The van der Waals surface area contributed by atoms with Gasteiger partial charge in [0.15, 0.2) is 0 Å². The molecule has 1 aliphatic rings. The van der Waals surface area contributed by atoms with Crippen molar-refractivity contribution < 1.29 is 14.7 Å². The molecular weight excluding hydrogens is 384 g/mol. The maximum Gasteiger partial charge on any atom is 0.337 e. The number of hydrogen-bond acceptors (Lipinski definition) is 4. The van der Waals surface area contributed by atoms with Crippen LogP contribution in [0, 0.1) is 11.3 Å². The number of aliphatic carboxylic acids is 1. The molecule has 8 heteroatoms. The van der Waals surface area contributed by atoms with Gasteiger partial charge in [-0.25, -0.2) is 14.2 Å². The van der Waals surface area contributed by atoms with Crippen molar-refractivity contribution in [1.29, 1.82) is 0 Å². The molecule has 1 fully saturated rings. The molecule has 3 rings (SSSR count). The van der Waals surface area contributed by atoms with Crippen molar-refractivity contribution in [3.63, 3.8) is 0 Å². The molecule has 0 saturated carbocycles. The average molecular weight is 417 g/mol. The fourth-order valence-corrected chi connectivity index (χ4v) is 4.15. The topological polar surface area (TPSA) is 96.6 Å². The Morgan fingerprint density at radius 2 is 1.77 bits per heavy atom. The number of imidazole rings is 1. The third-order valence-corrected chi connectivity index (χ3v) is 5.95. The van der Waals surface area contributed by atoms with E-state index in [4.69, 9.17) is 0 Å². The molecule has 0 bridgehead atoms. The number of nitrogens with one attached hydrogen (secondary N) is 1. The second kappa shape index (κ2) is 8.63. The van der Waals surface area contributed by atoms with Crippen LogP contribution < -0.4 is 11.0 Å². The maximum absolute atomic E-state index is 12.9. The van der Waals surface area contributed by atoms with Crippen LogP contribution in [0.1, 0.15) is 46.6 Å². The number of para-hydroxylation sites is 2. The first-order chi connectivity index (χ1) is 14.1. The van der Waals surface area contributed by atoms with E-state index in [1.807, 2.05) is 32.0 Å². The number of amides is 1. The van der Waals surface area contributed by atoms with Crippen LogP contribution in [0.5, 0.6) is 0 Å². The van der Waals surface area contributed by atoms with Crippen LogP contribution in [0.3, 0.4) is 0 Å². The number of rotatable bonds is 6. The van der Waals surface area contributed by atoms with Gasteiger partial charge < -0.3 is 15.3 Å². The van der Waals surface area contributed by atoms with Gasteiger partial charge in [0.2, 0.25) is 0 Å². The van der Waals surface area contributed by atoms with Crippen LogP contribution in [0.25, 0.3) is 11.0 Å². The minimum atomic E-state index is -0.789. The monoisotopic (exact) mass is 416 g/mol. The Balaban J connectivity index is 1.62. The molecule has 30 heavy (non-hydrogen) atoms. The molecule has 1 saturated heterocycles. The fraction of sp³-hybridized carbons (Fsp3) is 0.591. The summed E-state index contributed by atoms with van der Waals surface area (Å²) in [6.45, 7) is 9.98. The van der Waals surface area contributed by atoms with Crippen LogP contribution in [-0.2, 0) is 4.79 Å². The quantitative estimate of drug-likeness (QED) is 0.755. The summed E-state index contributed by atoms with van der Waals surface area (Å²) in [4.78, 5) is 39.2. The van der Waals surface area contributed by atoms with Crippen molar-refractivity contribution >= 4 is 23.0 Å². The number of piperidine rings is 1. The molecule has 1 amide bonds. The summed E-state index contributed by atoms with van der Waals surface area (Å²) in [5, 5.41) is 12.2. The van der Waals surface area contributed by atoms with E-state index in [1.165, 1.54) is 4.57 Å². The summed E-state index contributed by atoms with van der Waals surface area (Å²) < 4.78 is 2.86. The minimum absolute atomic E-state index is 0.0455. The van der Waals surface area contributed by atoms with Crippen molar-refractivity contribution in [2.45, 2.75) is 46.6 Å². The highest BCUT2D eigenvalue weighted by Gasteiger charge is 2.31. The van der Waals surface area contributed by atoms with Crippen LogP contribution in [0.4, 0.5) is 4.79 Å². The third-order valence-electron chi connectivity index (χ3n) is 5.95. The van der Waals surface area contributed by atoms with Gasteiger partial charge in [-0.1, -0.05) is 12.1 Å². The Morgan fingerprint density at radius 1 is 1.17 bits per heavy atom. The lowest BCUT2D eigenvalue weighted by Gasteiger charge is -2.35. The van der Waals surface area contributed by atoms with Crippen LogP contribution in [-0.4, -0.2) is 57.3 Å². The third kappa shape index (κ3) is 4.43. The second-order valence-corrected chi connectivity index (χ2v) is 9.17. The number of hydrogen-bond donors (Lipinski definition) is 2. The molecule has 164 valence electrons. The van der Waals surface area contributed by atoms with Crippen LogP contribution in [0.2, 0.25) is 0 Å². The first kappa shape index (κ1) is 22.1. The number of aromatic nitrogens is 2. The zero-order valence-electron chi connectivity index (χ0n) is 18.2. The SMILES string of the molecule is CC(C)n1c(=O)n(C(=O)NCC2CCN(CC(C)(C)C(=O)O)CC2)c2ccccc21. The largest absolute Gasteiger partial charge is 0.481 e. The van der Waals surface area contributed by atoms with Crippen LogP contribution >= 0.6 is 0 Å². The minimum Gasteiger partial charge on any atom is -0.481 e. The number of carbonyl (C=O) groups excluding carboxylic acids is 1. The first-order valence-electron chi connectivity index (χ1n) is 10.6. The Morgan fingerprint density at radius 3 is 2.33 bits per heavy atom. The number of fused-ring (bicyclic) bond motifs is 1. The van der Waals surface area contributed by atoms with Crippen molar-refractivity contribution in [2.24, 2.45) is 11.3 Å². The first-order valence-corrected chi connectivity index (χ1v) is 10.6. The molecule has 8 nitrogen and oxygen atoms in total. The smallest absolute Gasteiger partial charge is 0.337 e. The molecule has 0 unspecified atom stereocenters. The van der Waals surface area contributed by atoms with Gasteiger partial charge >= 0.3 is 17.7 Å². The van der Waals surface area contributed by atoms with E-state index in [2.05, 4.69) is 10.2 Å². The summed E-state index contributed by atoms with van der Waals surface area (Å²) in [5.41, 5.74) is 0.267. The van der Waals surface area contributed by atoms with Crippen molar-refractivity contribution in [3.8, 4) is 0 Å². The number of carboxylic acids is 1. The lowest BCUT2D eigenvalue weighted by atomic mass is 9.90. The van der Waals surface area contributed by atoms with Gasteiger partial charge in [0, 0.05) is 19.1 Å². The molecule has 1 aromatic heterocycles. The second-order valence-electron chi connectivity index (χ2n) is 9.17. The molecule has 2 aromatic rings. The van der Waals surface area contributed by atoms with E-state index in [0.717, 1.165) is 31.4 Å². The lowest BCUT2D eigenvalue weighted by Crippen LogP contribution is -2.45. The molecule has 2 heterocycles. The lowest BCUT2D eigenvalue weighted by molar-refractivity contribution is -0.148.